The molecule has 0 saturated heterocycles. The summed E-state index contributed by atoms with van der Waals surface area (Å²) in [4.78, 5) is 9.69. The average molecular weight is 397 g/mol. The zero-order chi connectivity index (χ0) is 21.1. The third-order valence-corrected chi connectivity index (χ3v) is 5.09. The third kappa shape index (κ3) is 4.27. The van der Waals surface area contributed by atoms with Gasteiger partial charge in [-0.25, -0.2) is 4.98 Å². The zero-order valence-corrected chi connectivity index (χ0v) is 17.2. The number of aromatic nitrogens is 2. The second-order valence-corrected chi connectivity index (χ2v) is 7.40. The summed E-state index contributed by atoms with van der Waals surface area (Å²) in [7, 11) is 4.09. The lowest BCUT2D eigenvalue weighted by molar-refractivity contribution is 0.320. The van der Waals surface area contributed by atoms with Crippen molar-refractivity contribution in [1.29, 1.82) is 5.26 Å². The SMILES string of the molecule is C[C@@H](c1cccc(Oc2cc(C#N)nc(Nc3ccc4cc[nH]c4c3)c2)c1)N(C)C. The first-order valence-electron chi connectivity index (χ1n) is 9.72. The van der Waals surface area contributed by atoms with E-state index in [0.717, 1.165) is 27.9 Å². The minimum atomic E-state index is 0.265. The molecule has 2 aromatic carbocycles. The van der Waals surface area contributed by atoms with E-state index in [1.54, 1.807) is 12.1 Å². The molecule has 0 amide bonds. The van der Waals surface area contributed by atoms with Crippen molar-refractivity contribution in [3.63, 3.8) is 0 Å². The van der Waals surface area contributed by atoms with E-state index in [4.69, 9.17) is 4.74 Å². The molecule has 0 radical (unpaired) electrons. The van der Waals surface area contributed by atoms with Crippen molar-refractivity contribution in [2.75, 3.05) is 19.4 Å². The molecule has 0 aliphatic rings. The van der Waals surface area contributed by atoms with Gasteiger partial charge in [0.05, 0.1) is 0 Å². The molecular weight excluding hydrogens is 374 g/mol. The fourth-order valence-electron chi connectivity index (χ4n) is 3.23. The first-order chi connectivity index (χ1) is 14.5. The summed E-state index contributed by atoms with van der Waals surface area (Å²) in [6, 6.07) is 21.8. The first kappa shape index (κ1) is 19.5. The third-order valence-electron chi connectivity index (χ3n) is 5.09. The summed E-state index contributed by atoms with van der Waals surface area (Å²) >= 11 is 0. The van der Waals surface area contributed by atoms with E-state index in [1.165, 1.54) is 0 Å². The highest BCUT2D eigenvalue weighted by molar-refractivity contribution is 5.83. The first-order valence-corrected chi connectivity index (χ1v) is 9.72. The minimum absolute atomic E-state index is 0.265. The molecule has 150 valence electrons. The summed E-state index contributed by atoms with van der Waals surface area (Å²) in [5, 5.41) is 13.8. The maximum Gasteiger partial charge on any atom is 0.146 e. The normalized spacial score (nSPS) is 12.0. The van der Waals surface area contributed by atoms with Gasteiger partial charge in [0.15, 0.2) is 0 Å². The van der Waals surface area contributed by atoms with E-state index < -0.39 is 0 Å². The molecule has 2 heterocycles. The van der Waals surface area contributed by atoms with Crippen LogP contribution >= 0.6 is 0 Å². The lowest BCUT2D eigenvalue weighted by Gasteiger charge is -2.20. The van der Waals surface area contributed by atoms with Crippen LogP contribution in [0.5, 0.6) is 11.5 Å². The predicted molar refractivity (Wildman–Crippen MR) is 119 cm³/mol. The van der Waals surface area contributed by atoms with Crippen molar-refractivity contribution in [3.05, 3.63) is 78.1 Å². The van der Waals surface area contributed by atoms with Gasteiger partial charge in [0, 0.05) is 35.6 Å². The van der Waals surface area contributed by atoms with Gasteiger partial charge >= 0.3 is 0 Å². The van der Waals surface area contributed by atoms with E-state index in [9.17, 15) is 5.26 Å². The lowest BCUT2D eigenvalue weighted by atomic mass is 10.1. The monoisotopic (exact) mass is 397 g/mol. The molecule has 0 unspecified atom stereocenters. The van der Waals surface area contributed by atoms with Crippen LogP contribution < -0.4 is 10.1 Å². The number of pyridine rings is 1. The number of hydrogen-bond donors (Lipinski definition) is 2. The number of hydrogen-bond acceptors (Lipinski definition) is 5. The maximum absolute atomic E-state index is 9.40. The Morgan fingerprint density at radius 2 is 1.93 bits per heavy atom. The molecule has 2 N–H and O–H groups in total. The van der Waals surface area contributed by atoms with Gasteiger partial charge in [-0.05, 0) is 62.3 Å². The number of anilines is 2. The van der Waals surface area contributed by atoms with Crippen LogP contribution in [0.15, 0.2) is 66.9 Å². The van der Waals surface area contributed by atoms with Gasteiger partial charge in [-0.3, -0.25) is 0 Å². The van der Waals surface area contributed by atoms with Crippen LogP contribution in [0.4, 0.5) is 11.5 Å². The molecule has 30 heavy (non-hydrogen) atoms. The smallest absolute Gasteiger partial charge is 0.146 e. The average Bonchev–Trinajstić information content (AvgIpc) is 3.21. The van der Waals surface area contributed by atoms with Crippen molar-refractivity contribution in [2.45, 2.75) is 13.0 Å². The Balaban J connectivity index is 1.60. The van der Waals surface area contributed by atoms with Gasteiger partial charge in [-0.15, -0.1) is 0 Å². The number of rotatable bonds is 6. The largest absolute Gasteiger partial charge is 0.457 e. The number of ether oxygens (including phenoxy) is 1. The Morgan fingerprint density at radius 3 is 2.73 bits per heavy atom. The summed E-state index contributed by atoms with van der Waals surface area (Å²) in [5.41, 5.74) is 3.35. The van der Waals surface area contributed by atoms with Crippen LogP contribution in [0.25, 0.3) is 10.9 Å². The fourth-order valence-corrected chi connectivity index (χ4v) is 3.23. The molecule has 0 spiro atoms. The van der Waals surface area contributed by atoms with Crippen molar-refractivity contribution in [2.24, 2.45) is 0 Å². The quantitative estimate of drug-likeness (QED) is 0.443. The van der Waals surface area contributed by atoms with Crippen LogP contribution in [0.3, 0.4) is 0 Å². The van der Waals surface area contributed by atoms with Crippen molar-refractivity contribution >= 4 is 22.4 Å². The molecule has 0 bridgehead atoms. The van der Waals surface area contributed by atoms with E-state index in [1.807, 2.05) is 62.8 Å². The molecule has 0 aliphatic heterocycles. The van der Waals surface area contributed by atoms with Gasteiger partial charge in [0.25, 0.3) is 0 Å². The number of H-pyrrole nitrogens is 1. The van der Waals surface area contributed by atoms with Crippen molar-refractivity contribution in [3.8, 4) is 17.6 Å². The Hall–Kier alpha value is -3.82. The highest BCUT2D eigenvalue weighted by Gasteiger charge is 2.10. The molecule has 6 nitrogen and oxygen atoms in total. The molecule has 0 aliphatic carbocycles. The Kier molecular flexibility index (Phi) is 5.38. The number of fused-ring (bicyclic) bond motifs is 1. The van der Waals surface area contributed by atoms with Gasteiger partial charge in [-0.2, -0.15) is 5.26 Å². The van der Waals surface area contributed by atoms with E-state index >= 15 is 0 Å². The van der Waals surface area contributed by atoms with E-state index in [0.29, 0.717) is 11.6 Å². The number of nitrogens with zero attached hydrogens (tertiary/aromatic N) is 3. The molecular formula is C24H23N5O. The highest BCUT2D eigenvalue weighted by Crippen LogP contribution is 2.29. The molecule has 6 heteroatoms. The Morgan fingerprint density at radius 1 is 1.07 bits per heavy atom. The van der Waals surface area contributed by atoms with Crippen LogP contribution in [-0.4, -0.2) is 29.0 Å². The topological polar surface area (TPSA) is 77.0 Å². The predicted octanol–water partition coefficient (Wildman–Crippen LogP) is 5.59. The standard InChI is InChI=1S/C24H23N5O/c1-16(29(2)3)18-5-4-6-21(11-18)30-22-12-20(15-25)28-24(14-22)27-19-8-7-17-9-10-26-23(17)13-19/h4-14,16,26H,1-3H3,(H,27,28)/t16-/m0/s1. The second-order valence-electron chi connectivity index (χ2n) is 7.40. The molecule has 4 aromatic rings. The van der Waals surface area contributed by atoms with Gasteiger partial charge < -0.3 is 19.9 Å². The van der Waals surface area contributed by atoms with Gasteiger partial charge in [0.2, 0.25) is 0 Å². The van der Waals surface area contributed by atoms with Crippen LogP contribution in [0.2, 0.25) is 0 Å². The number of aromatic amines is 1. The minimum Gasteiger partial charge on any atom is -0.457 e. The van der Waals surface area contributed by atoms with Crippen LogP contribution in [0, 0.1) is 11.3 Å². The van der Waals surface area contributed by atoms with Crippen LogP contribution in [0.1, 0.15) is 24.2 Å². The highest BCUT2D eigenvalue weighted by atomic mass is 16.5. The number of benzene rings is 2. The summed E-state index contributed by atoms with van der Waals surface area (Å²) in [6.07, 6.45) is 1.90. The van der Waals surface area contributed by atoms with Crippen LogP contribution in [-0.2, 0) is 0 Å². The zero-order valence-electron chi connectivity index (χ0n) is 17.2. The van der Waals surface area contributed by atoms with E-state index in [-0.39, 0.29) is 11.7 Å². The molecule has 4 rings (SSSR count). The lowest BCUT2D eigenvalue weighted by Crippen LogP contribution is -2.16. The van der Waals surface area contributed by atoms with E-state index in [2.05, 4.69) is 39.2 Å². The number of nitrogens with one attached hydrogen (secondary N) is 2. The molecule has 1 atom stereocenters. The molecule has 0 saturated carbocycles. The maximum atomic E-state index is 9.40. The Bertz CT molecular complexity index is 1220. The summed E-state index contributed by atoms with van der Waals surface area (Å²) in [5.74, 6) is 1.82. The summed E-state index contributed by atoms with van der Waals surface area (Å²) in [6.45, 7) is 2.14. The fraction of sp³-hybridized carbons (Fsp3) is 0.167. The van der Waals surface area contributed by atoms with Gasteiger partial charge in [0.1, 0.15) is 29.1 Å². The summed E-state index contributed by atoms with van der Waals surface area (Å²) < 4.78 is 6.07. The molecule has 2 aromatic heterocycles. The molecule has 0 fully saturated rings. The van der Waals surface area contributed by atoms with Crippen molar-refractivity contribution < 1.29 is 4.74 Å². The van der Waals surface area contributed by atoms with Gasteiger partial charge in [-0.1, -0.05) is 18.2 Å². The number of nitriles is 1. The second kappa shape index (κ2) is 8.27. The Labute approximate surface area is 175 Å². The van der Waals surface area contributed by atoms with Crippen molar-refractivity contribution in [1.82, 2.24) is 14.9 Å².